The van der Waals surface area contributed by atoms with Crippen molar-refractivity contribution < 1.29 is 20.1 Å². The number of aromatic amines is 1. The first-order valence-electron chi connectivity index (χ1n) is 6.49. The average molecular weight is 323 g/mol. The molecule has 8 nitrogen and oxygen atoms in total. The van der Waals surface area contributed by atoms with E-state index in [1.807, 2.05) is 18.8 Å². The molecule has 2 heterocycles. The van der Waals surface area contributed by atoms with Crippen LogP contribution in [0.2, 0.25) is 5.15 Å². The lowest BCUT2D eigenvalue weighted by molar-refractivity contribution is -0.0233. The van der Waals surface area contributed by atoms with E-state index >= 15 is 0 Å². The Hall–Kier alpha value is -1.19. The third-order valence-electron chi connectivity index (χ3n) is 3.11. The molecular formula is C12H19ClN2O6. The molecule has 1 aromatic rings. The van der Waals surface area contributed by atoms with E-state index in [1.165, 1.54) is 7.05 Å². The summed E-state index contributed by atoms with van der Waals surface area (Å²) < 4.78 is 6.19. The molecule has 2 rings (SSSR count). The largest absolute Gasteiger partial charge is 0.394 e. The van der Waals surface area contributed by atoms with Crippen LogP contribution in [0.25, 0.3) is 0 Å². The van der Waals surface area contributed by atoms with Crippen LogP contribution in [0, 0.1) is 0 Å². The fourth-order valence-corrected chi connectivity index (χ4v) is 2.27. The maximum absolute atomic E-state index is 11.8. The molecule has 0 radical (unpaired) electrons. The summed E-state index contributed by atoms with van der Waals surface area (Å²) in [6.45, 7) is 3.48. The average Bonchev–Trinajstić information content (AvgIpc) is 2.75. The van der Waals surface area contributed by atoms with Gasteiger partial charge in [0.25, 0.3) is 5.56 Å². The molecule has 0 amide bonds. The quantitative estimate of drug-likeness (QED) is 0.513. The number of aliphatic hydroxyl groups excluding tert-OH is 3. The first-order valence-corrected chi connectivity index (χ1v) is 6.87. The van der Waals surface area contributed by atoms with E-state index in [0.29, 0.717) is 0 Å². The van der Waals surface area contributed by atoms with Crippen LogP contribution < -0.4 is 11.2 Å². The number of H-pyrrole nitrogens is 1. The number of hydrogen-bond acceptors (Lipinski definition) is 6. The standard InChI is InChI=1S/C10H13ClN2O6.C2H6/c1-13-8(11)4(9(17)12-10(13)18)7-6(16)5(15)3(2-14)19-7;1-2/h3,5-7,14-16H,2H2,1H3,(H,12,17,18);1-2H3. The Kier molecular flexibility index (Phi) is 6.11. The number of rotatable bonds is 2. The second-order valence-corrected chi connectivity index (χ2v) is 4.64. The van der Waals surface area contributed by atoms with Crippen LogP contribution in [-0.4, -0.2) is 49.8 Å². The van der Waals surface area contributed by atoms with Crippen LogP contribution in [0.4, 0.5) is 0 Å². The Bertz CT molecular complexity index is 598. The Morgan fingerprint density at radius 1 is 1.29 bits per heavy atom. The summed E-state index contributed by atoms with van der Waals surface area (Å²) >= 11 is 5.90. The third-order valence-corrected chi connectivity index (χ3v) is 3.57. The molecule has 1 saturated heterocycles. The summed E-state index contributed by atoms with van der Waals surface area (Å²) in [5.74, 6) is 0. The minimum Gasteiger partial charge on any atom is -0.394 e. The molecule has 0 spiro atoms. The maximum atomic E-state index is 11.8. The van der Waals surface area contributed by atoms with E-state index in [-0.39, 0.29) is 10.7 Å². The molecule has 0 bridgehead atoms. The van der Waals surface area contributed by atoms with Gasteiger partial charge in [0.2, 0.25) is 0 Å². The Morgan fingerprint density at radius 2 is 1.86 bits per heavy atom. The van der Waals surface area contributed by atoms with Gasteiger partial charge in [0, 0.05) is 7.05 Å². The number of ether oxygens (including phenoxy) is 1. The summed E-state index contributed by atoms with van der Waals surface area (Å²) in [7, 11) is 1.34. The smallest absolute Gasteiger partial charge is 0.329 e. The van der Waals surface area contributed by atoms with Crippen molar-refractivity contribution in [2.45, 2.75) is 38.3 Å². The fourth-order valence-electron chi connectivity index (χ4n) is 2.00. The van der Waals surface area contributed by atoms with E-state index in [2.05, 4.69) is 0 Å². The molecule has 1 fully saturated rings. The first kappa shape index (κ1) is 17.9. The Morgan fingerprint density at radius 3 is 2.33 bits per heavy atom. The van der Waals surface area contributed by atoms with E-state index in [4.69, 9.17) is 21.4 Å². The zero-order valence-electron chi connectivity index (χ0n) is 11.9. The van der Waals surface area contributed by atoms with Gasteiger partial charge in [-0.1, -0.05) is 25.4 Å². The topological polar surface area (TPSA) is 125 Å². The zero-order chi connectivity index (χ0) is 16.3. The highest BCUT2D eigenvalue weighted by molar-refractivity contribution is 6.30. The van der Waals surface area contributed by atoms with E-state index in [1.54, 1.807) is 0 Å². The van der Waals surface area contributed by atoms with Gasteiger partial charge in [0.05, 0.1) is 12.2 Å². The number of aliphatic hydroxyl groups is 3. The molecule has 0 saturated carbocycles. The lowest BCUT2D eigenvalue weighted by Gasteiger charge is -2.16. The minimum absolute atomic E-state index is 0.161. The van der Waals surface area contributed by atoms with Gasteiger partial charge in [-0.25, -0.2) is 4.79 Å². The SMILES string of the molecule is CC.Cn1c(Cl)c(C2OC(CO)C(O)C2O)c(=O)[nH]c1=O. The first-order chi connectivity index (χ1) is 9.88. The molecule has 0 aliphatic carbocycles. The van der Waals surface area contributed by atoms with Crippen molar-refractivity contribution in [2.24, 2.45) is 7.05 Å². The van der Waals surface area contributed by atoms with E-state index in [0.717, 1.165) is 4.57 Å². The van der Waals surface area contributed by atoms with Crippen molar-refractivity contribution in [3.63, 3.8) is 0 Å². The van der Waals surface area contributed by atoms with E-state index in [9.17, 15) is 19.8 Å². The second-order valence-electron chi connectivity index (χ2n) is 4.28. The Labute approximate surface area is 125 Å². The second kappa shape index (κ2) is 7.19. The summed E-state index contributed by atoms with van der Waals surface area (Å²) in [5.41, 5.74) is -1.67. The lowest BCUT2D eigenvalue weighted by atomic mass is 10.0. The maximum Gasteiger partial charge on any atom is 0.329 e. The van der Waals surface area contributed by atoms with Crippen LogP contribution in [0.1, 0.15) is 25.5 Å². The molecule has 4 N–H and O–H groups in total. The molecular weight excluding hydrogens is 304 g/mol. The highest BCUT2D eigenvalue weighted by atomic mass is 35.5. The third kappa shape index (κ3) is 3.19. The summed E-state index contributed by atoms with van der Waals surface area (Å²) in [5, 5.41) is 28.3. The number of hydrogen-bond donors (Lipinski definition) is 4. The molecule has 9 heteroatoms. The van der Waals surface area contributed by atoms with Crippen LogP contribution in [0.15, 0.2) is 9.59 Å². The molecule has 120 valence electrons. The summed E-state index contributed by atoms with van der Waals surface area (Å²) in [6, 6.07) is 0. The zero-order valence-corrected chi connectivity index (χ0v) is 12.7. The van der Waals surface area contributed by atoms with Crippen LogP contribution in [-0.2, 0) is 11.8 Å². The number of halogens is 1. The molecule has 4 unspecified atom stereocenters. The van der Waals surface area contributed by atoms with Gasteiger partial charge in [0.15, 0.2) is 0 Å². The van der Waals surface area contributed by atoms with Crippen molar-refractivity contribution >= 4 is 11.6 Å². The van der Waals surface area contributed by atoms with Gasteiger partial charge < -0.3 is 20.1 Å². The predicted molar refractivity (Wildman–Crippen MR) is 75.4 cm³/mol. The van der Waals surface area contributed by atoms with Gasteiger partial charge >= 0.3 is 5.69 Å². The van der Waals surface area contributed by atoms with Gasteiger partial charge in [0.1, 0.15) is 29.6 Å². The van der Waals surface area contributed by atoms with Gasteiger partial charge in [-0.15, -0.1) is 0 Å². The highest BCUT2D eigenvalue weighted by Crippen LogP contribution is 2.34. The van der Waals surface area contributed by atoms with Crippen LogP contribution >= 0.6 is 11.6 Å². The monoisotopic (exact) mass is 322 g/mol. The predicted octanol–water partition coefficient (Wildman–Crippen LogP) is -1.09. The van der Waals surface area contributed by atoms with Crippen molar-refractivity contribution in [2.75, 3.05) is 6.61 Å². The molecule has 0 aromatic carbocycles. The molecule has 21 heavy (non-hydrogen) atoms. The molecule has 1 aliphatic heterocycles. The van der Waals surface area contributed by atoms with Gasteiger partial charge in [-0.05, 0) is 0 Å². The van der Waals surface area contributed by atoms with Crippen molar-refractivity contribution in [3.05, 3.63) is 31.6 Å². The number of aromatic nitrogens is 2. The molecule has 4 atom stereocenters. The minimum atomic E-state index is -1.42. The Balaban J connectivity index is 0.00000106. The fraction of sp³-hybridized carbons (Fsp3) is 0.667. The normalized spacial score (nSPS) is 28.1. The molecule has 1 aliphatic rings. The van der Waals surface area contributed by atoms with Crippen molar-refractivity contribution in [3.8, 4) is 0 Å². The summed E-state index contributed by atoms with van der Waals surface area (Å²) in [4.78, 5) is 25.1. The van der Waals surface area contributed by atoms with Gasteiger partial charge in [-0.2, -0.15) is 0 Å². The summed E-state index contributed by atoms with van der Waals surface area (Å²) in [6.07, 6.45) is -5.00. The van der Waals surface area contributed by atoms with Crippen LogP contribution in [0.5, 0.6) is 0 Å². The highest BCUT2D eigenvalue weighted by Gasteiger charge is 2.45. The lowest BCUT2D eigenvalue weighted by Crippen LogP contribution is -2.36. The van der Waals surface area contributed by atoms with Crippen molar-refractivity contribution in [1.82, 2.24) is 9.55 Å². The van der Waals surface area contributed by atoms with Crippen LogP contribution in [0.3, 0.4) is 0 Å². The molecule has 1 aromatic heterocycles. The number of nitrogens with one attached hydrogen (secondary N) is 1. The van der Waals surface area contributed by atoms with Crippen molar-refractivity contribution in [1.29, 1.82) is 0 Å². The van der Waals surface area contributed by atoms with E-state index < -0.39 is 42.3 Å². The number of nitrogens with zero attached hydrogens (tertiary/aromatic N) is 1. The van der Waals surface area contributed by atoms with Gasteiger partial charge in [-0.3, -0.25) is 14.3 Å².